The van der Waals surface area contributed by atoms with Crippen LogP contribution in [0.15, 0.2) is 17.2 Å². The number of benzene rings is 1. The lowest BCUT2D eigenvalue weighted by Gasteiger charge is -2.28. The van der Waals surface area contributed by atoms with Crippen LogP contribution in [0.3, 0.4) is 0 Å². The number of ether oxygens (including phenoxy) is 1. The number of halogens is 1. The second-order valence-corrected chi connectivity index (χ2v) is 4.76. The Balaban J connectivity index is 2.42. The SMILES string of the molecule is CCOC(=O)c1c(F)ccc2c1OB(N=O)[C@@H](NC(C)=O)C2. The van der Waals surface area contributed by atoms with E-state index in [1.165, 1.54) is 13.0 Å². The van der Waals surface area contributed by atoms with Gasteiger partial charge in [-0.15, -0.1) is 0 Å². The van der Waals surface area contributed by atoms with Gasteiger partial charge in [0.25, 0.3) is 0 Å². The molecule has 0 aliphatic carbocycles. The van der Waals surface area contributed by atoms with Crippen molar-refractivity contribution in [3.05, 3.63) is 34.0 Å². The third-order valence-corrected chi connectivity index (χ3v) is 3.18. The van der Waals surface area contributed by atoms with E-state index < -0.39 is 24.8 Å². The fraction of sp³-hybridized carbons (Fsp3) is 0.385. The molecule has 0 unspecified atom stereocenters. The Labute approximate surface area is 126 Å². The van der Waals surface area contributed by atoms with Gasteiger partial charge in [-0.05, 0) is 25.0 Å². The van der Waals surface area contributed by atoms with Crippen molar-refractivity contribution in [3.8, 4) is 5.75 Å². The molecule has 0 radical (unpaired) electrons. The van der Waals surface area contributed by atoms with Gasteiger partial charge < -0.3 is 14.7 Å². The Hall–Kier alpha value is -2.45. The monoisotopic (exact) mass is 308 g/mol. The number of hydrogen-bond acceptors (Lipinski definition) is 6. The van der Waals surface area contributed by atoms with Gasteiger partial charge in [0.05, 0.1) is 12.5 Å². The quantitative estimate of drug-likeness (QED) is 0.513. The Morgan fingerprint density at radius 1 is 1.55 bits per heavy atom. The van der Waals surface area contributed by atoms with Crippen molar-refractivity contribution in [1.82, 2.24) is 5.32 Å². The highest BCUT2D eigenvalue weighted by Gasteiger charge is 2.41. The van der Waals surface area contributed by atoms with Gasteiger partial charge in [0, 0.05) is 6.92 Å². The van der Waals surface area contributed by atoms with Gasteiger partial charge in [0.1, 0.15) is 17.1 Å². The summed E-state index contributed by atoms with van der Waals surface area (Å²) in [7, 11) is -1.24. The summed E-state index contributed by atoms with van der Waals surface area (Å²) in [4.78, 5) is 33.9. The molecule has 9 heteroatoms. The molecule has 1 atom stereocenters. The molecule has 7 nitrogen and oxygen atoms in total. The van der Waals surface area contributed by atoms with E-state index in [2.05, 4.69) is 10.4 Å². The van der Waals surface area contributed by atoms with Crippen molar-refractivity contribution >= 4 is 18.9 Å². The van der Waals surface area contributed by atoms with Crippen LogP contribution in [0.2, 0.25) is 0 Å². The van der Waals surface area contributed by atoms with Crippen LogP contribution in [0.1, 0.15) is 29.8 Å². The van der Waals surface area contributed by atoms with Crippen LogP contribution >= 0.6 is 0 Å². The lowest BCUT2D eigenvalue weighted by molar-refractivity contribution is -0.119. The van der Waals surface area contributed by atoms with E-state index in [1.807, 2.05) is 0 Å². The fourth-order valence-electron chi connectivity index (χ4n) is 2.31. The zero-order valence-electron chi connectivity index (χ0n) is 12.1. The number of fused-ring (bicyclic) bond motifs is 1. The lowest BCUT2D eigenvalue weighted by atomic mass is 9.68. The molecule has 0 saturated heterocycles. The fourth-order valence-corrected chi connectivity index (χ4v) is 2.31. The number of esters is 1. The van der Waals surface area contributed by atoms with Gasteiger partial charge in [-0.2, -0.15) is 4.91 Å². The van der Waals surface area contributed by atoms with Crippen molar-refractivity contribution in [2.75, 3.05) is 6.61 Å². The third kappa shape index (κ3) is 3.08. The standard InChI is InChI=1S/C13H14BFN2O5/c1-3-21-13(19)11-9(15)5-4-8-6-10(16-7(2)18)14(17-20)22-12(8)11/h4-5,10H,3,6H2,1-2H3,(H,16,18)/t10-/m0/s1. The van der Waals surface area contributed by atoms with Crippen LogP contribution in [0, 0.1) is 10.7 Å². The molecule has 1 N–H and O–H groups in total. The largest absolute Gasteiger partial charge is 0.570 e. The van der Waals surface area contributed by atoms with E-state index in [-0.39, 0.29) is 30.2 Å². The highest BCUT2D eigenvalue weighted by molar-refractivity contribution is 6.53. The summed E-state index contributed by atoms with van der Waals surface area (Å²) in [6, 6.07) is 2.55. The maximum Gasteiger partial charge on any atom is 0.570 e. The minimum absolute atomic E-state index is 0.0651. The van der Waals surface area contributed by atoms with E-state index in [0.29, 0.717) is 5.56 Å². The Kier molecular flexibility index (Phi) is 4.74. The van der Waals surface area contributed by atoms with Crippen molar-refractivity contribution in [2.45, 2.75) is 26.2 Å². The summed E-state index contributed by atoms with van der Waals surface area (Å²) < 4.78 is 24.1. The second kappa shape index (κ2) is 6.55. The number of carbonyl (C=O) groups is 2. The number of nitrogens with one attached hydrogen (secondary N) is 1. The molecule has 1 aromatic rings. The van der Waals surface area contributed by atoms with E-state index in [9.17, 15) is 18.9 Å². The zero-order chi connectivity index (χ0) is 16.3. The molecule has 2 rings (SSSR count). The maximum atomic E-state index is 13.9. The molecule has 1 aliphatic heterocycles. The first-order chi connectivity index (χ1) is 10.5. The first-order valence-corrected chi connectivity index (χ1v) is 6.72. The van der Waals surface area contributed by atoms with Crippen LogP contribution in [-0.2, 0) is 16.0 Å². The minimum Gasteiger partial charge on any atom is -0.536 e. The summed E-state index contributed by atoms with van der Waals surface area (Å²) in [5.74, 6) is -2.77. The summed E-state index contributed by atoms with van der Waals surface area (Å²) >= 11 is 0. The summed E-state index contributed by atoms with van der Waals surface area (Å²) in [5.41, 5.74) is 0.123. The van der Waals surface area contributed by atoms with E-state index in [4.69, 9.17) is 9.39 Å². The average Bonchev–Trinajstić information content (AvgIpc) is 2.46. The van der Waals surface area contributed by atoms with Gasteiger partial charge in [-0.25, -0.2) is 9.18 Å². The number of rotatable bonds is 4. The van der Waals surface area contributed by atoms with E-state index in [1.54, 1.807) is 6.92 Å². The Morgan fingerprint density at radius 2 is 2.27 bits per heavy atom. The summed E-state index contributed by atoms with van der Waals surface area (Å²) in [6.07, 6.45) is 0.192. The van der Waals surface area contributed by atoms with Crippen LogP contribution in [0.5, 0.6) is 5.75 Å². The van der Waals surface area contributed by atoms with Crippen molar-refractivity contribution in [1.29, 1.82) is 0 Å². The molecule has 1 amide bonds. The van der Waals surface area contributed by atoms with Gasteiger partial charge in [-0.3, -0.25) is 4.79 Å². The maximum absolute atomic E-state index is 13.9. The minimum atomic E-state index is -1.24. The van der Waals surface area contributed by atoms with Gasteiger partial charge in [-0.1, -0.05) is 11.2 Å². The molecular weight excluding hydrogens is 294 g/mol. The van der Waals surface area contributed by atoms with Crippen molar-refractivity contribution < 1.29 is 23.4 Å². The highest BCUT2D eigenvalue weighted by Crippen LogP contribution is 2.33. The molecule has 116 valence electrons. The second-order valence-electron chi connectivity index (χ2n) is 4.76. The first kappa shape index (κ1) is 15.9. The zero-order valence-corrected chi connectivity index (χ0v) is 12.1. The normalized spacial score (nSPS) is 16.3. The number of carbonyl (C=O) groups excluding carboxylic acids is 2. The molecule has 1 aromatic carbocycles. The predicted molar refractivity (Wildman–Crippen MR) is 75.8 cm³/mol. The molecule has 0 fully saturated rings. The molecular formula is C13H14BFN2O5. The van der Waals surface area contributed by atoms with Gasteiger partial charge in [0.2, 0.25) is 5.91 Å². The van der Waals surface area contributed by atoms with Gasteiger partial charge in [0.15, 0.2) is 0 Å². The Morgan fingerprint density at radius 3 is 2.86 bits per heavy atom. The molecule has 0 aromatic heterocycles. The summed E-state index contributed by atoms with van der Waals surface area (Å²) in [5, 5.41) is 5.34. The average molecular weight is 308 g/mol. The van der Waals surface area contributed by atoms with Crippen LogP contribution in [0.25, 0.3) is 0 Å². The van der Waals surface area contributed by atoms with Crippen molar-refractivity contribution in [3.63, 3.8) is 0 Å². The van der Waals surface area contributed by atoms with E-state index in [0.717, 1.165) is 6.07 Å². The third-order valence-electron chi connectivity index (χ3n) is 3.18. The number of amides is 1. The molecule has 22 heavy (non-hydrogen) atoms. The van der Waals surface area contributed by atoms with Crippen LogP contribution in [-0.4, -0.2) is 31.5 Å². The Bertz CT molecular complexity index is 625. The van der Waals surface area contributed by atoms with Crippen LogP contribution in [0.4, 0.5) is 4.39 Å². The van der Waals surface area contributed by atoms with E-state index >= 15 is 0 Å². The number of hydrogen-bond donors (Lipinski definition) is 1. The first-order valence-electron chi connectivity index (χ1n) is 6.72. The molecule has 0 spiro atoms. The molecule has 1 heterocycles. The topological polar surface area (TPSA) is 94.1 Å². The van der Waals surface area contributed by atoms with Gasteiger partial charge >= 0.3 is 13.0 Å². The number of nitroso groups, excluding NO2 is 1. The molecule has 1 aliphatic rings. The van der Waals surface area contributed by atoms with Crippen LogP contribution < -0.4 is 9.97 Å². The van der Waals surface area contributed by atoms with Crippen molar-refractivity contribution in [2.24, 2.45) is 5.09 Å². The molecule has 0 bridgehead atoms. The highest BCUT2D eigenvalue weighted by atomic mass is 19.1. The molecule has 0 saturated carbocycles. The number of nitrogens with zero attached hydrogens (tertiary/aromatic N) is 1. The summed E-state index contributed by atoms with van der Waals surface area (Å²) in [6.45, 7) is 2.96. The smallest absolute Gasteiger partial charge is 0.536 e. The predicted octanol–water partition coefficient (Wildman–Crippen LogP) is 1.24. The lowest BCUT2D eigenvalue weighted by Crippen LogP contribution is -2.51.